The van der Waals surface area contributed by atoms with Crippen molar-refractivity contribution < 1.29 is 8.78 Å². The number of rotatable bonds is 24. The van der Waals surface area contributed by atoms with Crippen LogP contribution in [0.1, 0.15) is 155 Å². The maximum Gasteiger partial charge on any atom is 0.133 e. The highest BCUT2D eigenvalue weighted by molar-refractivity contribution is 9.10. The van der Waals surface area contributed by atoms with Crippen LogP contribution in [0, 0.1) is 11.6 Å². The average Bonchev–Trinajstić information content (AvgIpc) is 3.54. The molecule has 2 aromatic heterocycles. The van der Waals surface area contributed by atoms with E-state index < -0.39 is 11.6 Å². The molecule has 0 unspecified atom stereocenters. The molecule has 0 aliphatic carbocycles. The number of hydrogen-bond acceptors (Lipinski definition) is 2. The molecule has 0 aliphatic heterocycles. The zero-order chi connectivity index (χ0) is 33.3. The van der Waals surface area contributed by atoms with Crippen molar-refractivity contribution in [1.82, 2.24) is 19.1 Å². The van der Waals surface area contributed by atoms with Gasteiger partial charge < -0.3 is 9.13 Å². The molecule has 0 saturated carbocycles. The normalized spacial score (nSPS) is 11.7. The summed E-state index contributed by atoms with van der Waals surface area (Å²) in [5.74, 6) is 0.920. The Morgan fingerprint density at radius 3 is 1.11 bits per heavy atom. The van der Waals surface area contributed by atoms with E-state index >= 15 is 8.78 Å². The summed E-state index contributed by atoms with van der Waals surface area (Å²) >= 11 is 7.16. The van der Waals surface area contributed by atoms with E-state index in [9.17, 15) is 0 Å². The molecule has 8 heteroatoms. The van der Waals surface area contributed by atoms with Gasteiger partial charge in [-0.15, -0.1) is 0 Å². The fraction of sp³-hybridized carbons (Fsp3) is 0.684. The third kappa shape index (κ3) is 11.3. The number of aryl methyl sites for hydroxylation is 2. The largest absolute Gasteiger partial charge is 0.327 e. The zero-order valence-corrected chi connectivity index (χ0v) is 32.2. The van der Waals surface area contributed by atoms with Crippen LogP contribution in [-0.4, -0.2) is 19.1 Å². The van der Waals surface area contributed by atoms with E-state index in [1.54, 1.807) is 0 Å². The van der Waals surface area contributed by atoms with E-state index in [4.69, 9.17) is 9.97 Å². The van der Waals surface area contributed by atoms with Crippen LogP contribution in [0.25, 0.3) is 22.5 Å². The topological polar surface area (TPSA) is 35.6 Å². The number of halogens is 4. The highest BCUT2D eigenvalue weighted by Gasteiger charge is 2.24. The Balaban J connectivity index is 1.68. The predicted molar refractivity (Wildman–Crippen MR) is 197 cm³/mol. The highest BCUT2D eigenvalue weighted by Crippen LogP contribution is 2.38. The molecule has 2 heterocycles. The van der Waals surface area contributed by atoms with Gasteiger partial charge in [-0.1, -0.05) is 117 Å². The fourth-order valence-corrected chi connectivity index (χ4v) is 7.87. The van der Waals surface area contributed by atoms with Crippen molar-refractivity contribution in [2.24, 2.45) is 0 Å². The lowest BCUT2D eigenvalue weighted by atomic mass is 10.0. The molecule has 0 fully saturated rings. The van der Waals surface area contributed by atoms with Crippen LogP contribution in [0.5, 0.6) is 0 Å². The molecule has 0 spiro atoms. The van der Waals surface area contributed by atoms with Crippen LogP contribution < -0.4 is 0 Å². The third-order valence-corrected chi connectivity index (χ3v) is 10.3. The summed E-state index contributed by atoms with van der Waals surface area (Å²) in [5.41, 5.74) is 1.67. The van der Waals surface area contributed by atoms with E-state index in [2.05, 4.69) is 45.7 Å². The Kier molecular flexibility index (Phi) is 18.1. The molecule has 0 N–H and O–H groups in total. The second-order valence-corrected chi connectivity index (χ2v) is 14.3. The molecule has 3 aromatic rings. The number of imidazole rings is 2. The molecule has 0 radical (unpaired) electrons. The number of nitrogens with zero attached hydrogens (tertiary/aromatic N) is 4. The smallest absolute Gasteiger partial charge is 0.133 e. The van der Waals surface area contributed by atoms with Crippen molar-refractivity contribution in [3.63, 3.8) is 0 Å². The van der Waals surface area contributed by atoms with Gasteiger partial charge in [0, 0.05) is 37.1 Å². The van der Waals surface area contributed by atoms with Gasteiger partial charge in [0.15, 0.2) is 0 Å². The molecule has 0 bridgehead atoms. The Hall–Kier alpha value is -1.54. The number of unbranched alkanes of at least 4 members (excludes halogenated alkanes) is 16. The molecule has 0 saturated heterocycles. The predicted octanol–water partition coefficient (Wildman–Crippen LogP) is 13.4. The van der Waals surface area contributed by atoms with Gasteiger partial charge in [0.05, 0.1) is 11.4 Å². The van der Waals surface area contributed by atoms with Crippen LogP contribution in [-0.2, 0) is 25.9 Å². The van der Waals surface area contributed by atoms with Gasteiger partial charge in [0.1, 0.15) is 32.5 Å². The summed E-state index contributed by atoms with van der Waals surface area (Å²) in [6, 6.07) is 2.67. The van der Waals surface area contributed by atoms with Gasteiger partial charge in [-0.05, 0) is 70.7 Å². The van der Waals surface area contributed by atoms with Crippen molar-refractivity contribution >= 4 is 31.9 Å². The lowest BCUT2D eigenvalue weighted by molar-refractivity contribution is 0.557. The summed E-state index contributed by atoms with van der Waals surface area (Å²) < 4.78 is 37.0. The number of benzene rings is 1. The quantitative estimate of drug-likeness (QED) is 0.0851. The maximum atomic E-state index is 15.9. The van der Waals surface area contributed by atoms with Crippen LogP contribution in [0.4, 0.5) is 8.78 Å². The number of hydrogen-bond donors (Lipinski definition) is 0. The SMILES string of the molecule is CCCCCCCCCCCc1nc(Br)c(-c2cc(F)c(-c3c(Br)nc(CCCCCCCCCCC)n3CC)cc2F)n1CC. The first-order valence-corrected chi connectivity index (χ1v) is 20.0. The number of aromatic nitrogens is 4. The zero-order valence-electron chi connectivity index (χ0n) is 29.0. The second-order valence-electron chi connectivity index (χ2n) is 12.8. The van der Waals surface area contributed by atoms with Crippen molar-refractivity contribution in [2.45, 2.75) is 169 Å². The first-order valence-electron chi connectivity index (χ1n) is 18.4. The van der Waals surface area contributed by atoms with E-state index in [0.717, 1.165) is 50.2 Å². The Labute approximate surface area is 294 Å². The first-order chi connectivity index (χ1) is 22.4. The van der Waals surface area contributed by atoms with E-state index in [0.29, 0.717) is 33.7 Å². The summed E-state index contributed by atoms with van der Waals surface area (Å²) in [4.78, 5) is 9.51. The lowest BCUT2D eigenvalue weighted by Crippen LogP contribution is -2.06. The molecular weight excluding hydrogens is 710 g/mol. The van der Waals surface area contributed by atoms with Crippen LogP contribution in [0.2, 0.25) is 0 Å². The molecule has 0 aliphatic rings. The Bertz CT molecular complexity index is 1220. The monoisotopic (exact) mass is 766 g/mol. The third-order valence-electron chi connectivity index (χ3n) is 9.22. The van der Waals surface area contributed by atoms with Gasteiger partial charge in [-0.3, -0.25) is 0 Å². The summed E-state index contributed by atoms with van der Waals surface area (Å²) in [7, 11) is 0. The molecular formula is C38H58Br2F2N4. The average molecular weight is 769 g/mol. The standard InChI is InChI=1S/C38H58Br2F2N4/c1-5-9-11-13-15-17-19-21-23-25-33-43-37(39)35(45(33)7-3)29-27-32(42)30(28-31(29)41)36-38(40)44-34(46(36)8-4)26-24-22-20-18-16-14-12-10-6-2/h27-28H,5-26H2,1-4H3. The van der Waals surface area contributed by atoms with Crippen molar-refractivity contribution in [1.29, 1.82) is 0 Å². The van der Waals surface area contributed by atoms with Crippen LogP contribution >= 0.6 is 31.9 Å². The van der Waals surface area contributed by atoms with Crippen LogP contribution in [0.15, 0.2) is 21.3 Å². The van der Waals surface area contributed by atoms with Gasteiger partial charge in [-0.25, -0.2) is 18.7 Å². The molecule has 0 atom stereocenters. The minimum absolute atomic E-state index is 0.231. The van der Waals surface area contributed by atoms with Crippen molar-refractivity contribution in [3.8, 4) is 22.5 Å². The minimum Gasteiger partial charge on any atom is -0.327 e. The fourth-order valence-electron chi connectivity index (χ4n) is 6.61. The molecule has 3 rings (SSSR count). The second kappa shape index (κ2) is 21.4. The highest BCUT2D eigenvalue weighted by atomic mass is 79.9. The van der Waals surface area contributed by atoms with Gasteiger partial charge in [-0.2, -0.15) is 0 Å². The molecule has 46 heavy (non-hydrogen) atoms. The maximum absolute atomic E-state index is 15.9. The molecule has 1 aromatic carbocycles. The summed E-state index contributed by atoms with van der Waals surface area (Å²) in [6.07, 6.45) is 24.4. The first kappa shape index (κ1) is 38.9. The van der Waals surface area contributed by atoms with E-state index in [1.807, 2.05) is 23.0 Å². The Morgan fingerprint density at radius 1 is 0.500 bits per heavy atom. The van der Waals surface area contributed by atoms with E-state index in [1.165, 1.54) is 102 Å². The van der Waals surface area contributed by atoms with Crippen molar-refractivity contribution in [3.05, 3.63) is 44.6 Å². The summed E-state index contributed by atoms with van der Waals surface area (Å²) in [5, 5.41) is 0. The van der Waals surface area contributed by atoms with Crippen molar-refractivity contribution in [2.75, 3.05) is 0 Å². The molecule has 258 valence electrons. The summed E-state index contributed by atoms with van der Waals surface area (Å²) in [6.45, 7) is 9.85. The molecule has 4 nitrogen and oxygen atoms in total. The molecule has 0 amide bonds. The van der Waals surface area contributed by atoms with Gasteiger partial charge >= 0.3 is 0 Å². The van der Waals surface area contributed by atoms with Crippen LogP contribution in [0.3, 0.4) is 0 Å². The van der Waals surface area contributed by atoms with Gasteiger partial charge in [0.25, 0.3) is 0 Å². The lowest BCUT2D eigenvalue weighted by Gasteiger charge is -2.14. The van der Waals surface area contributed by atoms with Gasteiger partial charge in [0.2, 0.25) is 0 Å². The Morgan fingerprint density at radius 2 is 0.804 bits per heavy atom. The van der Waals surface area contributed by atoms with E-state index in [-0.39, 0.29) is 11.1 Å². The minimum atomic E-state index is -0.461.